The van der Waals surface area contributed by atoms with Crippen molar-refractivity contribution in [2.45, 2.75) is 43.7 Å². The number of hydrogen-bond donors (Lipinski definition) is 3. The lowest BCUT2D eigenvalue weighted by Crippen LogP contribution is -2.47. The molecule has 38 heavy (non-hydrogen) atoms. The van der Waals surface area contributed by atoms with Crippen molar-refractivity contribution in [3.05, 3.63) is 65.5 Å². The highest BCUT2D eigenvalue weighted by molar-refractivity contribution is 7.89. The fourth-order valence-electron chi connectivity index (χ4n) is 4.07. The summed E-state index contributed by atoms with van der Waals surface area (Å²) in [5, 5.41) is 17.0. The highest BCUT2D eigenvalue weighted by Gasteiger charge is 2.29. The molecule has 2 atom stereocenters. The average Bonchev–Trinajstić information content (AvgIpc) is 3.35. The smallest absolute Gasteiger partial charge is 0.243 e. The molecule has 8 nitrogen and oxygen atoms in total. The summed E-state index contributed by atoms with van der Waals surface area (Å²) in [4.78, 5) is 6.97. The van der Waals surface area contributed by atoms with Crippen LogP contribution in [0.2, 0.25) is 0 Å². The van der Waals surface area contributed by atoms with Crippen LogP contribution in [-0.2, 0) is 16.4 Å². The molecule has 0 amide bonds. The van der Waals surface area contributed by atoms with Crippen LogP contribution < -0.4 is 11.1 Å². The molecule has 0 saturated heterocycles. The molecule has 0 fully saturated rings. The second kappa shape index (κ2) is 14.2. The molecular weight excluding hydrogens is 518 g/mol. The van der Waals surface area contributed by atoms with Crippen LogP contribution in [0.15, 0.2) is 64.9 Å². The van der Waals surface area contributed by atoms with Gasteiger partial charge in [0, 0.05) is 36.6 Å². The second-order valence-electron chi connectivity index (χ2n) is 10.3. The van der Waals surface area contributed by atoms with Crippen LogP contribution in [-0.4, -0.2) is 80.1 Å². The van der Waals surface area contributed by atoms with Gasteiger partial charge in [-0.2, -0.15) is 4.31 Å². The van der Waals surface area contributed by atoms with Gasteiger partial charge in [-0.25, -0.2) is 13.4 Å². The number of aliphatic hydroxyl groups is 1. The Labute approximate surface area is 231 Å². The summed E-state index contributed by atoms with van der Waals surface area (Å²) in [5.74, 6) is 0.0836. The number of aliphatic hydroxyl groups excluding tert-OH is 1. The molecule has 1 heterocycles. The minimum Gasteiger partial charge on any atom is -0.390 e. The molecule has 10 heteroatoms. The maximum atomic E-state index is 13.6. The minimum absolute atomic E-state index is 0.0643. The summed E-state index contributed by atoms with van der Waals surface area (Å²) < 4.78 is 28.5. The fourth-order valence-corrected chi connectivity index (χ4v) is 6.44. The highest BCUT2D eigenvalue weighted by Crippen LogP contribution is 2.27. The van der Waals surface area contributed by atoms with Gasteiger partial charge in [0.05, 0.1) is 16.7 Å². The Morgan fingerprint density at radius 1 is 1.05 bits per heavy atom. The topological polar surface area (TPSA) is 112 Å². The van der Waals surface area contributed by atoms with Crippen molar-refractivity contribution in [3.8, 4) is 11.3 Å². The Bertz CT molecular complexity index is 1210. The van der Waals surface area contributed by atoms with Gasteiger partial charge in [-0.15, -0.1) is 11.3 Å². The summed E-state index contributed by atoms with van der Waals surface area (Å²) in [6.07, 6.45) is 0.487. The van der Waals surface area contributed by atoms with E-state index < -0.39 is 22.2 Å². The Morgan fingerprint density at radius 2 is 1.74 bits per heavy atom. The maximum Gasteiger partial charge on any atom is 0.243 e. The number of thiazole rings is 1. The third-order valence-electron chi connectivity index (χ3n) is 6.12. The minimum atomic E-state index is -3.83. The zero-order valence-corrected chi connectivity index (χ0v) is 24.4. The van der Waals surface area contributed by atoms with Crippen LogP contribution >= 0.6 is 11.3 Å². The molecule has 4 N–H and O–H groups in total. The lowest BCUT2D eigenvalue weighted by atomic mass is 10.0. The van der Waals surface area contributed by atoms with E-state index in [9.17, 15) is 13.5 Å². The van der Waals surface area contributed by atoms with Crippen molar-refractivity contribution in [2.24, 2.45) is 11.7 Å². The van der Waals surface area contributed by atoms with Gasteiger partial charge in [0.25, 0.3) is 0 Å². The predicted molar refractivity (Wildman–Crippen MR) is 157 cm³/mol. The quantitative estimate of drug-likeness (QED) is 0.243. The van der Waals surface area contributed by atoms with E-state index >= 15 is 0 Å². The van der Waals surface area contributed by atoms with Gasteiger partial charge in [-0.1, -0.05) is 56.3 Å². The first kappa shape index (κ1) is 30.2. The van der Waals surface area contributed by atoms with E-state index in [0.717, 1.165) is 41.5 Å². The van der Waals surface area contributed by atoms with Crippen LogP contribution in [0.3, 0.4) is 0 Å². The van der Waals surface area contributed by atoms with E-state index in [-0.39, 0.29) is 23.9 Å². The molecule has 3 aromatic rings. The van der Waals surface area contributed by atoms with Gasteiger partial charge in [-0.3, -0.25) is 0 Å². The molecule has 208 valence electrons. The molecule has 0 saturated carbocycles. The summed E-state index contributed by atoms with van der Waals surface area (Å²) in [6, 6.07) is 15.9. The lowest BCUT2D eigenvalue weighted by molar-refractivity contribution is 0.116. The molecule has 1 aromatic heterocycles. The third kappa shape index (κ3) is 8.86. The first-order valence-electron chi connectivity index (χ1n) is 13.0. The summed E-state index contributed by atoms with van der Waals surface area (Å²) in [6.45, 7) is 5.98. The first-order chi connectivity index (χ1) is 18.1. The van der Waals surface area contributed by atoms with Crippen LogP contribution in [0.1, 0.15) is 25.8 Å². The molecule has 0 spiro atoms. The number of hydrogen-bond acceptors (Lipinski definition) is 8. The van der Waals surface area contributed by atoms with Gasteiger partial charge < -0.3 is 21.1 Å². The molecular formula is C28H41N5O3S2. The van der Waals surface area contributed by atoms with E-state index in [2.05, 4.69) is 29.3 Å². The number of benzene rings is 2. The molecule has 2 aromatic carbocycles. The van der Waals surface area contributed by atoms with Crippen molar-refractivity contribution in [2.75, 3.05) is 45.6 Å². The zero-order chi connectivity index (χ0) is 27.7. The number of sulfonamides is 1. The molecule has 0 aliphatic carbocycles. The van der Waals surface area contributed by atoms with Crippen LogP contribution in [0.25, 0.3) is 11.3 Å². The average molecular weight is 560 g/mol. The second-order valence-corrected chi connectivity index (χ2v) is 13.1. The van der Waals surface area contributed by atoms with Crippen molar-refractivity contribution >= 4 is 26.5 Å². The monoisotopic (exact) mass is 559 g/mol. The third-order valence-corrected chi connectivity index (χ3v) is 8.76. The molecule has 0 radical (unpaired) electrons. The Hall–Kier alpha value is -2.34. The molecule has 0 unspecified atom stereocenters. The highest BCUT2D eigenvalue weighted by atomic mass is 32.2. The van der Waals surface area contributed by atoms with Crippen molar-refractivity contribution in [3.63, 3.8) is 0 Å². The molecule has 0 bridgehead atoms. The van der Waals surface area contributed by atoms with Gasteiger partial charge >= 0.3 is 0 Å². The SMILES string of the molecule is CC(C)CN(C[C@@H](O)[C@@H](N)Cc1ccccc1)S(=O)(=O)c1ccc(-c2csc(NCCCN(C)C)n2)cc1. The number of nitrogens with two attached hydrogens (primary N) is 1. The summed E-state index contributed by atoms with van der Waals surface area (Å²) >= 11 is 1.53. The lowest BCUT2D eigenvalue weighted by Gasteiger charge is -2.28. The number of aromatic nitrogens is 1. The Morgan fingerprint density at radius 3 is 2.37 bits per heavy atom. The largest absolute Gasteiger partial charge is 0.390 e. The molecule has 3 rings (SSSR count). The molecule has 0 aliphatic heterocycles. The van der Waals surface area contributed by atoms with Crippen LogP contribution in [0, 0.1) is 5.92 Å². The Balaban J connectivity index is 1.68. The van der Waals surface area contributed by atoms with E-state index in [1.807, 2.05) is 49.6 Å². The standard InChI is InChI=1S/C28H41N5O3S2/c1-21(2)18-33(19-27(34)25(29)17-22-9-6-5-7-10-22)38(35,36)24-13-11-23(12-14-24)26-20-37-28(31-26)30-15-8-16-32(3)4/h5-7,9-14,20-21,25,27,34H,8,15-19,29H2,1-4H3,(H,30,31)/t25-,27+/m0/s1. The number of nitrogens with one attached hydrogen (secondary N) is 1. The van der Waals surface area contributed by atoms with E-state index in [0.29, 0.717) is 6.42 Å². The predicted octanol–water partition coefficient (Wildman–Crippen LogP) is 3.75. The van der Waals surface area contributed by atoms with Gasteiger partial charge in [0.2, 0.25) is 10.0 Å². The number of anilines is 1. The number of nitrogens with zero attached hydrogens (tertiary/aromatic N) is 3. The van der Waals surface area contributed by atoms with Gasteiger partial charge in [-0.05, 0) is 57.1 Å². The zero-order valence-electron chi connectivity index (χ0n) is 22.7. The van der Waals surface area contributed by atoms with E-state index in [4.69, 9.17) is 5.73 Å². The summed E-state index contributed by atoms with van der Waals surface area (Å²) in [5.41, 5.74) is 8.92. The van der Waals surface area contributed by atoms with Crippen LogP contribution in [0.4, 0.5) is 5.13 Å². The van der Waals surface area contributed by atoms with Crippen molar-refractivity contribution in [1.29, 1.82) is 0 Å². The normalized spacial score (nSPS) is 13.8. The first-order valence-corrected chi connectivity index (χ1v) is 15.3. The van der Waals surface area contributed by atoms with Gasteiger partial charge in [0.1, 0.15) is 0 Å². The van der Waals surface area contributed by atoms with Gasteiger partial charge in [0.15, 0.2) is 5.13 Å². The number of rotatable bonds is 15. The fraction of sp³-hybridized carbons (Fsp3) is 0.464. The maximum absolute atomic E-state index is 13.6. The Kier molecular flexibility index (Phi) is 11.3. The van der Waals surface area contributed by atoms with Crippen LogP contribution in [0.5, 0.6) is 0 Å². The van der Waals surface area contributed by atoms with E-state index in [1.165, 1.54) is 15.6 Å². The van der Waals surface area contributed by atoms with Crippen molar-refractivity contribution < 1.29 is 13.5 Å². The summed E-state index contributed by atoms with van der Waals surface area (Å²) in [7, 11) is 0.275. The van der Waals surface area contributed by atoms with E-state index in [1.54, 1.807) is 24.3 Å². The van der Waals surface area contributed by atoms with Crippen molar-refractivity contribution in [1.82, 2.24) is 14.2 Å². The molecule has 0 aliphatic rings.